The van der Waals surface area contributed by atoms with Gasteiger partial charge in [-0.25, -0.2) is 4.98 Å². The molecule has 1 saturated heterocycles. The molecule has 21 heavy (non-hydrogen) atoms. The molecule has 2 heterocycles. The van der Waals surface area contributed by atoms with Gasteiger partial charge in [0.2, 0.25) is 5.91 Å². The Labute approximate surface area is 141 Å². The minimum absolute atomic E-state index is 0. The van der Waals surface area contributed by atoms with Crippen LogP contribution in [-0.4, -0.2) is 23.5 Å². The summed E-state index contributed by atoms with van der Waals surface area (Å²) in [5, 5.41) is 6.71. The molecule has 2 aromatic rings. The average molecular weight is 389 g/mol. The number of amides is 1. The number of rotatable bonds is 3. The first-order valence-electron chi connectivity index (χ1n) is 6.50. The van der Waals surface area contributed by atoms with Gasteiger partial charge in [0.05, 0.1) is 15.5 Å². The van der Waals surface area contributed by atoms with E-state index < -0.39 is 0 Å². The van der Waals surface area contributed by atoms with Crippen LogP contribution in [0.25, 0.3) is 11.3 Å². The zero-order valence-electron chi connectivity index (χ0n) is 11.1. The number of nitrogens with one attached hydrogen (secondary N) is 2. The fourth-order valence-corrected chi connectivity index (χ4v) is 3.73. The van der Waals surface area contributed by atoms with Gasteiger partial charge in [-0.05, 0) is 35.3 Å². The van der Waals surface area contributed by atoms with Crippen molar-refractivity contribution in [2.75, 3.05) is 11.9 Å². The summed E-state index contributed by atoms with van der Waals surface area (Å²) in [6.07, 6.45) is 1.94. The van der Waals surface area contributed by atoms with E-state index in [4.69, 9.17) is 0 Å². The first kappa shape index (κ1) is 16.4. The predicted molar refractivity (Wildman–Crippen MR) is 92.2 cm³/mol. The van der Waals surface area contributed by atoms with Gasteiger partial charge in [0.15, 0.2) is 5.13 Å². The molecule has 1 amide bonds. The lowest BCUT2D eigenvalue weighted by molar-refractivity contribution is -0.117. The number of nitrogens with zero attached hydrogens (tertiary/aromatic N) is 1. The molecule has 2 N–H and O–H groups in total. The van der Waals surface area contributed by atoms with Crippen molar-refractivity contribution in [1.82, 2.24) is 10.3 Å². The molecule has 1 aromatic heterocycles. The molecule has 0 saturated carbocycles. The van der Waals surface area contributed by atoms with Crippen LogP contribution in [0.15, 0.2) is 34.1 Å². The minimum Gasteiger partial charge on any atom is -0.306 e. The third-order valence-corrected chi connectivity index (χ3v) is 4.86. The van der Waals surface area contributed by atoms with Gasteiger partial charge >= 0.3 is 0 Å². The Morgan fingerprint density at radius 1 is 1.38 bits per heavy atom. The van der Waals surface area contributed by atoms with E-state index in [9.17, 15) is 4.79 Å². The summed E-state index contributed by atoms with van der Waals surface area (Å²) in [4.78, 5) is 16.6. The summed E-state index contributed by atoms with van der Waals surface area (Å²) in [6.45, 7) is 0.912. The molecule has 0 radical (unpaired) electrons. The number of carbonyl (C=O) groups excluding carboxylic acids is 1. The van der Waals surface area contributed by atoms with Gasteiger partial charge in [0, 0.05) is 5.56 Å². The normalized spacial score (nSPS) is 17.3. The van der Waals surface area contributed by atoms with E-state index in [1.807, 2.05) is 30.3 Å². The maximum absolute atomic E-state index is 12.0. The lowest BCUT2D eigenvalue weighted by atomic mass is 10.2. The fourth-order valence-electron chi connectivity index (χ4n) is 2.23. The number of anilines is 1. The molecule has 112 valence electrons. The number of aromatic nitrogens is 1. The molecule has 3 rings (SSSR count). The molecule has 1 aliphatic rings. The SMILES string of the molecule is Cl.O=C(Nc1nc(-c2ccccc2)c(Br)s1)C1CCCN1. The predicted octanol–water partition coefficient (Wildman–Crippen LogP) is 3.68. The Bertz CT molecular complexity index is 614. The molecule has 1 aliphatic heterocycles. The number of carbonyl (C=O) groups is 1. The number of hydrogen-bond donors (Lipinski definition) is 2. The number of hydrogen-bond acceptors (Lipinski definition) is 4. The maximum Gasteiger partial charge on any atom is 0.243 e. The van der Waals surface area contributed by atoms with E-state index in [1.165, 1.54) is 11.3 Å². The lowest BCUT2D eigenvalue weighted by Crippen LogP contribution is -2.35. The standard InChI is InChI=1S/C14H14BrN3OS.ClH/c15-12-11(9-5-2-1-3-6-9)17-14(20-12)18-13(19)10-7-4-8-16-10;/h1-3,5-6,10,16H,4,7-8H2,(H,17,18,19);1H. The molecule has 4 nitrogen and oxygen atoms in total. The summed E-state index contributed by atoms with van der Waals surface area (Å²) in [6, 6.07) is 9.84. The van der Waals surface area contributed by atoms with Crippen LogP contribution >= 0.6 is 39.7 Å². The van der Waals surface area contributed by atoms with E-state index in [0.717, 1.165) is 34.4 Å². The zero-order valence-corrected chi connectivity index (χ0v) is 14.4. The van der Waals surface area contributed by atoms with Crippen molar-refractivity contribution >= 4 is 50.7 Å². The van der Waals surface area contributed by atoms with Crippen LogP contribution in [0.2, 0.25) is 0 Å². The van der Waals surface area contributed by atoms with Crippen molar-refractivity contribution in [2.45, 2.75) is 18.9 Å². The Morgan fingerprint density at radius 2 is 2.14 bits per heavy atom. The highest BCUT2D eigenvalue weighted by Gasteiger charge is 2.23. The van der Waals surface area contributed by atoms with Crippen LogP contribution in [0.1, 0.15) is 12.8 Å². The van der Waals surface area contributed by atoms with Gasteiger partial charge in [-0.2, -0.15) is 0 Å². The van der Waals surface area contributed by atoms with E-state index >= 15 is 0 Å². The zero-order chi connectivity index (χ0) is 13.9. The lowest BCUT2D eigenvalue weighted by Gasteiger charge is -2.08. The van der Waals surface area contributed by atoms with Crippen LogP contribution in [0.3, 0.4) is 0 Å². The number of thiazole rings is 1. The van der Waals surface area contributed by atoms with Gasteiger partial charge in [0.25, 0.3) is 0 Å². The van der Waals surface area contributed by atoms with Crippen molar-refractivity contribution < 1.29 is 4.79 Å². The Kier molecular flexibility index (Phi) is 5.75. The van der Waals surface area contributed by atoms with Crippen molar-refractivity contribution in [3.8, 4) is 11.3 Å². The minimum atomic E-state index is -0.0853. The topological polar surface area (TPSA) is 54.0 Å². The average Bonchev–Trinajstić information content (AvgIpc) is 3.09. The third-order valence-electron chi connectivity index (χ3n) is 3.24. The first-order valence-corrected chi connectivity index (χ1v) is 8.11. The summed E-state index contributed by atoms with van der Waals surface area (Å²) in [5.74, 6) is 0.00311. The van der Waals surface area contributed by atoms with E-state index in [-0.39, 0.29) is 24.4 Å². The molecule has 7 heteroatoms. The highest BCUT2D eigenvalue weighted by Crippen LogP contribution is 2.35. The van der Waals surface area contributed by atoms with Crippen molar-refractivity contribution in [2.24, 2.45) is 0 Å². The van der Waals surface area contributed by atoms with E-state index in [2.05, 4.69) is 31.5 Å². The molecule has 0 spiro atoms. The Morgan fingerprint density at radius 3 is 2.81 bits per heavy atom. The molecule has 1 atom stereocenters. The second-order valence-electron chi connectivity index (χ2n) is 4.65. The molecular weight excluding hydrogens is 374 g/mol. The first-order chi connectivity index (χ1) is 9.74. The number of halogens is 2. The molecule has 1 aromatic carbocycles. The summed E-state index contributed by atoms with van der Waals surface area (Å²) < 4.78 is 0.929. The van der Waals surface area contributed by atoms with Crippen molar-refractivity contribution in [3.63, 3.8) is 0 Å². The molecule has 0 bridgehead atoms. The molecule has 1 unspecified atom stereocenters. The number of benzene rings is 1. The van der Waals surface area contributed by atoms with Crippen LogP contribution < -0.4 is 10.6 Å². The quantitative estimate of drug-likeness (QED) is 0.843. The van der Waals surface area contributed by atoms with Gasteiger partial charge in [-0.1, -0.05) is 41.7 Å². The highest BCUT2D eigenvalue weighted by molar-refractivity contribution is 9.11. The van der Waals surface area contributed by atoms with Crippen molar-refractivity contribution in [1.29, 1.82) is 0 Å². The monoisotopic (exact) mass is 387 g/mol. The van der Waals surface area contributed by atoms with Crippen LogP contribution in [-0.2, 0) is 4.79 Å². The van der Waals surface area contributed by atoms with Gasteiger partial charge in [-0.3, -0.25) is 4.79 Å². The van der Waals surface area contributed by atoms with E-state index in [1.54, 1.807) is 0 Å². The van der Waals surface area contributed by atoms with Gasteiger partial charge < -0.3 is 10.6 Å². The van der Waals surface area contributed by atoms with Crippen LogP contribution in [0.5, 0.6) is 0 Å². The molecule has 0 aliphatic carbocycles. The summed E-state index contributed by atoms with van der Waals surface area (Å²) in [7, 11) is 0. The Balaban J connectivity index is 0.00000161. The molecule has 1 fully saturated rings. The Hall–Kier alpha value is -0.950. The third kappa shape index (κ3) is 3.83. The fraction of sp³-hybridized carbons (Fsp3) is 0.286. The second kappa shape index (κ2) is 7.35. The van der Waals surface area contributed by atoms with Crippen LogP contribution in [0.4, 0.5) is 5.13 Å². The van der Waals surface area contributed by atoms with Gasteiger partial charge in [-0.15, -0.1) is 12.4 Å². The van der Waals surface area contributed by atoms with Gasteiger partial charge in [0.1, 0.15) is 0 Å². The largest absolute Gasteiger partial charge is 0.306 e. The summed E-state index contributed by atoms with van der Waals surface area (Å²) >= 11 is 4.96. The molecular formula is C14H15BrClN3OS. The highest BCUT2D eigenvalue weighted by atomic mass is 79.9. The van der Waals surface area contributed by atoms with E-state index in [0.29, 0.717) is 5.13 Å². The maximum atomic E-state index is 12.0. The van der Waals surface area contributed by atoms with Crippen molar-refractivity contribution in [3.05, 3.63) is 34.1 Å². The second-order valence-corrected chi connectivity index (χ2v) is 6.96. The summed E-state index contributed by atoms with van der Waals surface area (Å²) in [5.41, 5.74) is 1.90. The van der Waals surface area contributed by atoms with Crippen LogP contribution in [0, 0.1) is 0 Å². The smallest absolute Gasteiger partial charge is 0.243 e.